The molecule has 1 aromatic rings. The van der Waals surface area contributed by atoms with Crippen molar-refractivity contribution in [2.45, 2.75) is 6.54 Å². The molecule has 68 valence electrons. The van der Waals surface area contributed by atoms with E-state index in [1.165, 1.54) is 0 Å². The lowest BCUT2D eigenvalue weighted by atomic mass is 10.1. The van der Waals surface area contributed by atoms with E-state index in [0.29, 0.717) is 17.9 Å². The first-order valence-electron chi connectivity index (χ1n) is 3.69. The summed E-state index contributed by atoms with van der Waals surface area (Å²) >= 11 is 2.16. The van der Waals surface area contributed by atoms with Crippen molar-refractivity contribution in [1.82, 2.24) is 0 Å². The number of halogens is 1. The van der Waals surface area contributed by atoms with Gasteiger partial charge in [0.05, 0.1) is 12.7 Å². The van der Waals surface area contributed by atoms with Crippen molar-refractivity contribution in [3.63, 3.8) is 0 Å². The highest BCUT2D eigenvalue weighted by atomic mass is 127. The Morgan fingerprint density at radius 3 is 2.77 bits per heavy atom. The number of nitrogens with two attached hydrogens (primary N) is 1. The molecule has 0 spiro atoms. The lowest BCUT2D eigenvalue weighted by Crippen LogP contribution is -2.01. The maximum Gasteiger partial charge on any atom is 0.137 e. The first-order valence-corrected chi connectivity index (χ1v) is 4.77. The molecule has 0 aliphatic heterocycles. The van der Waals surface area contributed by atoms with Crippen LogP contribution in [0.3, 0.4) is 0 Å². The molecule has 0 fully saturated rings. The summed E-state index contributed by atoms with van der Waals surface area (Å²) in [7, 11) is 1.54. The smallest absolute Gasteiger partial charge is 0.137 e. The van der Waals surface area contributed by atoms with Gasteiger partial charge in [-0.05, 0) is 40.3 Å². The van der Waals surface area contributed by atoms with Crippen LogP contribution in [0.4, 0.5) is 0 Å². The largest absolute Gasteiger partial charge is 0.495 e. The monoisotopic (exact) mass is 288 g/mol. The van der Waals surface area contributed by atoms with Crippen molar-refractivity contribution >= 4 is 22.6 Å². The highest BCUT2D eigenvalue weighted by molar-refractivity contribution is 14.1. The van der Waals surface area contributed by atoms with Gasteiger partial charge in [0.15, 0.2) is 0 Å². The summed E-state index contributed by atoms with van der Waals surface area (Å²) < 4.78 is 6.05. The third kappa shape index (κ3) is 2.11. The van der Waals surface area contributed by atoms with Crippen LogP contribution in [0.1, 0.15) is 11.1 Å². The molecule has 13 heavy (non-hydrogen) atoms. The van der Waals surface area contributed by atoms with Crippen molar-refractivity contribution in [1.29, 1.82) is 5.26 Å². The van der Waals surface area contributed by atoms with Crippen LogP contribution in [0.5, 0.6) is 5.75 Å². The zero-order valence-corrected chi connectivity index (χ0v) is 9.33. The first-order chi connectivity index (χ1) is 6.22. The number of nitrogens with zero attached hydrogens (tertiary/aromatic N) is 1. The van der Waals surface area contributed by atoms with Crippen LogP contribution in [0.2, 0.25) is 0 Å². The van der Waals surface area contributed by atoms with Crippen molar-refractivity contribution in [2.24, 2.45) is 5.73 Å². The molecule has 2 N–H and O–H groups in total. The minimum Gasteiger partial charge on any atom is -0.495 e. The first kappa shape index (κ1) is 10.3. The van der Waals surface area contributed by atoms with E-state index in [-0.39, 0.29) is 0 Å². The molecule has 0 atom stereocenters. The summed E-state index contributed by atoms with van der Waals surface area (Å²) in [6.07, 6.45) is 0. The van der Waals surface area contributed by atoms with Crippen LogP contribution in [-0.2, 0) is 6.54 Å². The number of rotatable bonds is 2. The molecule has 0 heterocycles. The summed E-state index contributed by atoms with van der Waals surface area (Å²) in [4.78, 5) is 0. The molecule has 0 radical (unpaired) electrons. The second-order valence-electron chi connectivity index (χ2n) is 2.46. The van der Waals surface area contributed by atoms with E-state index in [9.17, 15) is 0 Å². The molecule has 0 saturated carbocycles. The molecule has 0 unspecified atom stereocenters. The van der Waals surface area contributed by atoms with Gasteiger partial charge in [-0.25, -0.2) is 0 Å². The van der Waals surface area contributed by atoms with Gasteiger partial charge in [-0.2, -0.15) is 5.26 Å². The van der Waals surface area contributed by atoms with Crippen molar-refractivity contribution in [3.8, 4) is 11.8 Å². The van der Waals surface area contributed by atoms with Crippen LogP contribution in [-0.4, -0.2) is 7.11 Å². The minimum absolute atomic E-state index is 0.459. The second-order valence-corrected chi connectivity index (χ2v) is 3.62. The van der Waals surface area contributed by atoms with Crippen LogP contribution in [0.15, 0.2) is 12.1 Å². The number of benzene rings is 1. The summed E-state index contributed by atoms with van der Waals surface area (Å²) in [6, 6.07) is 5.65. The van der Waals surface area contributed by atoms with Gasteiger partial charge < -0.3 is 10.5 Å². The molecule has 1 rings (SSSR count). The standard InChI is InChI=1S/C9H9IN2O/c1-13-9-3-6(4-11)8(10)2-7(9)5-12/h2-3H,4,11H2,1H3. The van der Waals surface area contributed by atoms with Gasteiger partial charge in [-0.1, -0.05) is 0 Å². The summed E-state index contributed by atoms with van der Waals surface area (Å²) in [5, 5.41) is 8.77. The molecule has 0 bridgehead atoms. The number of methoxy groups -OCH3 is 1. The molecule has 0 aliphatic rings. The Bertz CT molecular complexity index is 357. The zero-order valence-electron chi connectivity index (χ0n) is 7.17. The Hall–Kier alpha value is -0.800. The molecule has 0 amide bonds. The van der Waals surface area contributed by atoms with Gasteiger partial charge in [-0.3, -0.25) is 0 Å². The van der Waals surface area contributed by atoms with E-state index in [0.717, 1.165) is 9.13 Å². The Morgan fingerprint density at radius 1 is 1.62 bits per heavy atom. The van der Waals surface area contributed by atoms with E-state index in [2.05, 4.69) is 28.7 Å². The molecule has 0 aromatic heterocycles. The average Bonchev–Trinajstić information content (AvgIpc) is 2.17. The van der Waals surface area contributed by atoms with Crippen molar-refractivity contribution in [2.75, 3.05) is 7.11 Å². The fourth-order valence-electron chi connectivity index (χ4n) is 1.01. The fourth-order valence-corrected chi connectivity index (χ4v) is 1.70. The highest BCUT2D eigenvalue weighted by Crippen LogP contribution is 2.23. The topological polar surface area (TPSA) is 59.0 Å². The summed E-state index contributed by atoms with van der Waals surface area (Å²) in [5.41, 5.74) is 7.06. The molecular formula is C9H9IN2O. The van der Waals surface area contributed by atoms with Crippen LogP contribution in [0, 0.1) is 14.9 Å². The van der Waals surface area contributed by atoms with Crippen molar-refractivity contribution in [3.05, 3.63) is 26.8 Å². The lowest BCUT2D eigenvalue weighted by Gasteiger charge is -2.06. The minimum atomic E-state index is 0.459. The van der Waals surface area contributed by atoms with E-state index in [1.54, 1.807) is 19.2 Å². The Balaban J connectivity index is 3.28. The van der Waals surface area contributed by atoms with Crippen molar-refractivity contribution < 1.29 is 4.74 Å². The predicted molar refractivity (Wildman–Crippen MR) is 58.3 cm³/mol. The van der Waals surface area contributed by atoms with E-state index < -0.39 is 0 Å². The maximum absolute atomic E-state index is 8.77. The average molecular weight is 288 g/mol. The fraction of sp³-hybridized carbons (Fsp3) is 0.222. The van der Waals surface area contributed by atoms with Gasteiger partial charge in [-0.15, -0.1) is 0 Å². The second kappa shape index (κ2) is 4.44. The van der Waals surface area contributed by atoms with Crippen LogP contribution < -0.4 is 10.5 Å². The number of hydrogen-bond acceptors (Lipinski definition) is 3. The third-order valence-corrected chi connectivity index (χ3v) is 2.71. The molecule has 1 aromatic carbocycles. The Morgan fingerprint density at radius 2 is 2.31 bits per heavy atom. The van der Waals surface area contributed by atoms with E-state index in [1.807, 2.05) is 0 Å². The SMILES string of the molecule is COc1cc(CN)c(I)cc1C#N. The van der Waals surface area contributed by atoms with Gasteiger partial charge in [0.1, 0.15) is 11.8 Å². The molecule has 3 nitrogen and oxygen atoms in total. The van der Waals surface area contributed by atoms with E-state index in [4.69, 9.17) is 15.7 Å². The molecule has 4 heteroatoms. The van der Waals surface area contributed by atoms with Gasteiger partial charge >= 0.3 is 0 Å². The number of hydrogen-bond donors (Lipinski definition) is 1. The number of ether oxygens (including phenoxy) is 1. The Kier molecular flexibility index (Phi) is 3.51. The van der Waals surface area contributed by atoms with Crippen LogP contribution >= 0.6 is 22.6 Å². The summed E-state index contributed by atoms with van der Waals surface area (Å²) in [5.74, 6) is 0.586. The highest BCUT2D eigenvalue weighted by Gasteiger charge is 2.06. The van der Waals surface area contributed by atoms with Gasteiger partial charge in [0.2, 0.25) is 0 Å². The molecule has 0 aliphatic carbocycles. The van der Waals surface area contributed by atoms with Gasteiger partial charge in [0.25, 0.3) is 0 Å². The van der Waals surface area contributed by atoms with E-state index >= 15 is 0 Å². The maximum atomic E-state index is 8.77. The van der Waals surface area contributed by atoms with Crippen LogP contribution in [0.25, 0.3) is 0 Å². The zero-order chi connectivity index (χ0) is 9.84. The molecular weight excluding hydrogens is 279 g/mol. The van der Waals surface area contributed by atoms with Gasteiger partial charge in [0, 0.05) is 10.1 Å². The molecule has 0 saturated heterocycles. The Labute approximate surface area is 90.6 Å². The lowest BCUT2D eigenvalue weighted by molar-refractivity contribution is 0.413. The number of nitriles is 1. The summed E-state index contributed by atoms with van der Waals surface area (Å²) in [6.45, 7) is 0.459. The normalized spacial score (nSPS) is 9.38. The predicted octanol–water partition coefficient (Wildman–Crippen LogP) is 1.63. The third-order valence-electron chi connectivity index (χ3n) is 1.71. The quantitative estimate of drug-likeness (QED) is 0.841.